The standard InChI is InChI=1S/C23H19F4N5OS/c1-15-3-7-18(34-15)8-4-16-5-10-20(28-12-16)23(26,27)22(33,13-32-14-29-30-31-32)19-9-6-17(24)11-21(19,2)25/h3,5-7,9-12,14,19,33H,13H2,1-2H3. The smallest absolute Gasteiger partial charge is 0.320 e. The molecule has 0 aliphatic heterocycles. The molecule has 11 heteroatoms. The number of tetrazole rings is 1. The zero-order valence-corrected chi connectivity index (χ0v) is 18.9. The van der Waals surface area contributed by atoms with E-state index in [9.17, 15) is 9.50 Å². The summed E-state index contributed by atoms with van der Waals surface area (Å²) in [6.07, 6.45) is 4.44. The fraction of sp³-hybridized carbons (Fsp3) is 0.304. The lowest BCUT2D eigenvalue weighted by molar-refractivity contribution is -0.232. The molecule has 0 radical (unpaired) electrons. The van der Waals surface area contributed by atoms with Gasteiger partial charge in [0.05, 0.1) is 17.3 Å². The second-order valence-corrected chi connectivity index (χ2v) is 9.40. The molecule has 0 fully saturated rings. The summed E-state index contributed by atoms with van der Waals surface area (Å²) in [7, 11) is 0. The second kappa shape index (κ2) is 8.77. The molecule has 0 aromatic carbocycles. The van der Waals surface area contributed by atoms with Crippen LogP contribution in [0, 0.1) is 24.7 Å². The van der Waals surface area contributed by atoms with Crippen LogP contribution in [0.3, 0.4) is 0 Å². The molecule has 0 saturated heterocycles. The Balaban J connectivity index is 1.71. The number of rotatable bonds is 5. The SMILES string of the molecule is Cc1ccc(C#Cc2ccc(C(F)(F)C(O)(Cn3cnnn3)C3C=CC(F)=CC3(C)F)nc2)s1. The van der Waals surface area contributed by atoms with E-state index in [0.29, 0.717) is 11.6 Å². The number of nitrogens with zero attached hydrogens (tertiary/aromatic N) is 5. The van der Waals surface area contributed by atoms with Gasteiger partial charge in [0.2, 0.25) is 0 Å². The number of halogens is 4. The van der Waals surface area contributed by atoms with E-state index in [1.165, 1.54) is 17.4 Å². The van der Waals surface area contributed by atoms with Gasteiger partial charge in [0.1, 0.15) is 23.5 Å². The van der Waals surface area contributed by atoms with Gasteiger partial charge in [-0.15, -0.1) is 16.4 Å². The zero-order chi connectivity index (χ0) is 24.6. The molecule has 6 nitrogen and oxygen atoms in total. The van der Waals surface area contributed by atoms with Crippen LogP contribution >= 0.6 is 11.3 Å². The molecule has 1 N–H and O–H groups in total. The molecule has 3 aromatic rings. The van der Waals surface area contributed by atoms with Crippen LogP contribution in [0.25, 0.3) is 0 Å². The highest BCUT2D eigenvalue weighted by Gasteiger charge is 2.63. The molecule has 0 spiro atoms. The number of aliphatic hydroxyl groups is 1. The average Bonchev–Trinajstić information content (AvgIpc) is 3.43. The van der Waals surface area contributed by atoms with E-state index < -0.39 is 41.2 Å². The molecule has 0 amide bonds. The first-order chi connectivity index (χ1) is 16.0. The van der Waals surface area contributed by atoms with Crippen molar-refractivity contribution in [2.24, 2.45) is 5.92 Å². The third-order valence-electron chi connectivity index (χ3n) is 5.48. The number of aryl methyl sites for hydroxylation is 1. The van der Waals surface area contributed by atoms with Crippen LogP contribution in [0.4, 0.5) is 17.6 Å². The Hall–Kier alpha value is -3.36. The molecular weight excluding hydrogens is 470 g/mol. The molecule has 1 aliphatic rings. The van der Waals surface area contributed by atoms with E-state index in [-0.39, 0.29) is 0 Å². The quantitative estimate of drug-likeness (QED) is 0.431. The van der Waals surface area contributed by atoms with E-state index in [0.717, 1.165) is 52.1 Å². The molecule has 0 saturated carbocycles. The van der Waals surface area contributed by atoms with Crippen molar-refractivity contribution in [1.29, 1.82) is 0 Å². The maximum Gasteiger partial charge on any atom is 0.320 e. The topological polar surface area (TPSA) is 76.7 Å². The van der Waals surface area contributed by atoms with Gasteiger partial charge in [0, 0.05) is 16.6 Å². The maximum absolute atomic E-state index is 15.9. The highest BCUT2D eigenvalue weighted by Crippen LogP contribution is 2.50. The van der Waals surface area contributed by atoms with Gasteiger partial charge >= 0.3 is 5.92 Å². The van der Waals surface area contributed by atoms with Crippen molar-refractivity contribution >= 4 is 11.3 Å². The van der Waals surface area contributed by atoms with E-state index >= 15 is 13.2 Å². The monoisotopic (exact) mass is 489 g/mol. The highest BCUT2D eigenvalue weighted by atomic mass is 32.1. The van der Waals surface area contributed by atoms with Crippen LogP contribution < -0.4 is 0 Å². The normalized spacial score (nSPS) is 22.0. The number of alkyl halides is 3. The molecular formula is C23H19F4N5OS. The van der Waals surface area contributed by atoms with Gasteiger partial charge in [-0.1, -0.05) is 17.9 Å². The summed E-state index contributed by atoms with van der Waals surface area (Å²) in [4.78, 5) is 5.72. The van der Waals surface area contributed by atoms with Crippen LogP contribution in [-0.4, -0.2) is 41.6 Å². The third-order valence-corrected chi connectivity index (χ3v) is 6.40. The Labute approximate surface area is 196 Å². The summed E-state index contributed by atoms with van der Waals surface area (Å²) in [5.41, 5.74) is -6.16. The Morgan fingerprint density at radius 3 is 2.62 bits per heavy atom. The van der Waals surface area contributed by atoms with Gasteiger partial charge in [0.15, 0.2) is 5.60 Å². The van der Waals surface area contributed by atoms with Crippen LogP contribution in [0.1, 0.15) is 27.9 Å². The molecule has 4 rings (SSSR count). The number of hydrogen-bond donors (Lipinski definition) is 1. The van der Waals surface area contributed by atoms with E-state index in [2.05, 4.69) is 32.4 Å². The molecule has 1 aliphatic carbocycles. The number of hydrogen-bond acceptors (Lipinski definition) is 6. The summed E-state index contributed by atoms with van der Waals surface area (Å²) in [5, 5.41) is 21.6. The van der Waals surface area contributed by atoms with Gasteiger partial charge in [-0.05, 0) is 60.7 Å². The van der Waals surface area contributed by atoms with Crippen molar-refractivity contribution in [2.75, 3.05) is 0 Å². The Bertz CT molecular complexity index is 1290. The van der Waals surface area contributed by atoms with Crippen LogP contribution in [0.2, 0.25) is 0 Å². The van der Waals surface area contributed by atoms with Crippen molar-refractivity contribution in [3.05, 3.63) is 81.9 Å². The minimum atomic E-state index is -4.08. The Morgan fingerprint density at radius 2 is 2.03 bits per heavy atom. The predicted molar refractivity (Wildman–Crippen MR) is 117 cm³/mol. The highest BCUT2D eigenvalue weighted by molar-refractivity contribution is 7.12. The molecule has 3 aromatic heterocycles. The first kappa shape index (κ1) is 23.8. The fourth-order valence-corrected chi connectivity index (χ4v) is 4.53. The third kappa shape index (κ3) is 4.51. The van der Waals surface area contributed by atoms with Gasteiger partial charge in [-0.25, -0.2) is 13.5 Å². The Kier molecular flexibility index (Phi) is 6.14. The van der Waals surface area contributed by atoms with Gasteiger partial charge < -0.3 is 5.11 Å². The van der Waals surface area contributed by atoms with E-state index in [4.69, 9.17) is 0 Å². The van der Waals surface area contributed by atoms with Crippen LogP contribution in [-0.2, 0) is 12.5 Å². The Morgan fingerprint density at radius 1 is 1.24 bits per heavy atom. The molecule has 3 heterocycles. The van der Waals surface area contributed by atoms with Gasteiger partial charge in [-0.3, -0.25) is 4.98 Å². The van der Waals surface area contributed by atoms with Crippen LogP contribution in [0.15, 0.2) is 60.8 Å². The minimum Gasteiger partial charge on any atom is -0.380 e. The lowest BCUT2D eigenvalue weighted by Crippen LogP contribution is -2.59. The fourth-order valence-electron chi connectivity index (χ4n) is 3.81. The second-order valence-electron chi connectivity index (χ2n) is 8.12. The van der Waals surface area contributed by atoms with E-state index in [1.54, 1.807) is 0 Å². The maximum atomic E-state index is 15.9. The molecule has 3 atom stereocenters. The number of thiophene rings is 1. The predicted octanol–water partition coefficient (Wildman–Crippen LogP) is 4.13. The first-order valence-corrected chi connectivity index (χ1v) is 10.9. The molecule has 3 unspecified atom stereocenters. The molecule has 176 valence electrons. The van der Waals surface area contributed by atoms with E-state index in [1.807, 2.05) is 19.1 Å². The van der Waals surface area contributed by atoms with Gasteiger partial charge in [0.25, 0.3) is 0 Å². The lowest BCUT2D eigenvalue weighted by atomic mass is 9.70. The number of aromatic nitrogens is 5. The zero-order valence-electron chi connectivity index (χ0n) is 18.1. The van der Waals surface area contributed by atoms with Gasteiger partial charge in [-0.2, -0.15) is 8.78 Å². The summed E-state index contributed by atoms with van der Waals surface area (Å²) in [6, 6.07) is 6.13. The minimum absolute atomic E-state index is 0.382. The molecule has 0 bridgehead atoms. The van der Waals surface area contributed by atoms with Crippen molar-refractivity contribution in [3.8, 4) is 11.8 Å². The van der Waals surface area contributed by atoms with Crippen molar-refractivity contribution < 1.29 is 22.7 Å². The van der Waals surface area contributed by atoms with Crippen molar-refractivity contribution in [3.63, 3.8) is 0 Å². The number of allylic oxidation sites excluding steroid dienone is 3. The van der Waals surface area contributed by atoms with Crippen LogP contribution in [0.5, 0.6) is 0 Å². The summed E-state index contributed by atoms with van der Waals surface area (Å²) >= 11 is 1.50. The van der Waals surface area contributed by atoms with Crippen molar-refractivity contribution in [1.82, 2.24) is 25.2 Å². The lowest BCUT2D eigenvalue weighted by Gasteiger charge is -2.44. The van der Waals surface area contributed by atoms with Crippen molar-refractivity contribution in [2.45, 2.75) is 37.6 Å². The summed E-state index contributed by atoms with van der Waals surface area (Å²) in [6.45, 7) is 1.98. The number of pyridine rings is 1. The largest absolute Gasteiger partial charge is 0.380 e. The summed E-state index contributed by atoms with van der Waals surface area (Å²) in [5.74, 6) is -1.08. The average molecular weight is 489 g/mol. The molecule has 34 heavy (non-hydrogen) atoms. The first-order valence-electron chi connectivity index (χ1n) is 10.1. The summed E-state index contributed by atoms with van der Waals surface area (Å²) < 4.78 is 61.6.